The van der Waals surface area contributed by atoms with Crippen LogP contribution in [0.1, 0.15) is 0 Å². The molecular formula is C44H25N3O. The Hall–Kier alpha value is -6.52. The van der Waals surface area contributed by atoms with Gasteiger partial charge in [0.2, 0.25) is 0 Å². The molecule has 0 bridgehead atoms. The van der Waals surface area contributed by atoms with Crippen molar-refractivity contribution in [2.45, 2.75) is 0 Å². The molecule has 0 N–H and O–H groups in total. The van der Waals surface area contributed by atoms with E-state index in [-0.39, 0.29) is 0 Å². The monoisotopic (exact) mass is 611 g/mol. The summed E-state index contributed by atoms with van der Waals surface area (Å²) in [6.45, 7) is 0. The average molecular weight is 612 g/mol. The molecule has 8 aromatic carbocycles. The zero-order chi connectivity index (χ0) is 31.3. The predicted molar refractivity (Wildman–Crippen MR) is 199 cm³/mol. The van der Waals surface area contributed by atoms with Crippen LogP contribution in [0.5, 0.6) is 0 Å². The topological polar surface area (TPSA) is 43.9 Å². The van der Waals surface area contributed by atoms with E-state index in [2.05, 4.69) is 138 Å². The minimum Gasteiger partial charge on any atom is -0.450 e. The number of fused-ring (bicyclic) bond motifs is 13. The van der Waals surface area contributed by atoms with Crippen molar-refractivity contribution in [3.05, 3.63) is 152 Å². The molecule has 0 radical (unpaired) electrons. The minimum atomic E-state index is 0.662. The van der Waals surface area contributed by atoms with E-state index < -0.39 is 0 Å². The third-order valence-corrected chi connectivity index (χ3v) is 9.96. The van der Waals surface area contributed by atoms with Gasteiger partial charge in [0.05, 0.1) is 11.0 Å². The zero-order valence-electron chi connectivity index (χ0n) is 25.7. The summed E-state index contributed by atoms with van der Waals surface area (Å²) in [5.41, 5.74) is 5.39. The molecule has 3 aromatic heterocycles. The lowest BCUT2D eigenvalue weighted by atomic mass is 9.93. The van der Waals surface area contributed by atoms with Crippen LogP contribution in [-0.2, 0) is 0 Å². The molecule has 4 heteroatoms. The fraction of sp³-hybridized carbons (Fsp3) is 0. The lowest BCUT2D eigenvalue weighted by Gasteiger charge is -2.13. The Kier molecular flexibility index (Phi) is 5.08. The molecule has 48 heavy (non-hydrogen) atoms. The molecule has 0 spiro atoms. The largest absolute Gasteiger partial charge is 0.450 e. The maximum absolute atomic E-state index is 6.61. The van der Waals surface area contributed by atoms with Gasteiger partial charge in [-0.05, 0) is 79.5 Å². The smallest absolute Gasteiger partial charge is 0.197 e. The van der Waals surface area contributed by atoms with E-state index >= 15 is 0 Å². The predicted octanol–water partition coefficient (Wildman–Crippen LogP) is 11.8. The van der Waals surface area contributed by atoms with Crippen molar-refractivity contribution in [1.82, 2.24) is 14.5 Å². The van der Waals surface area contributed by atoms with Gasteiger partial charge in [0.1, 0.15) is 11.1 Å². The van der Waals surface area contributed by atoms with Crippen LogP contribution in [0.25, 0.3) is 104 Å². The molecule has 3 heterocycles. The Morgan fingerprint density at radius 1 is 0.417 bits per heavy atom. The maximum Gasteiger partial charge on any atom is 0.197 e. The van der Waals surface area contributed by atoms with Gasteiger partial charge in [-0.15, -0.1) is 0 Å². The number of para-hydroxylation sites is 2. The second-order valence-electron chi connectivity index (χ2n) is 12.6. The van der Waals surface area contributed by atoms with Gasteiger partial charge in [0.15, 0.2) is 17.2 Å². The Morgan fingerprint density at radius 2 is 1.00 bits per heavy atom. The standard InChI is InChI=1S/C44H25N3O/c1-2-12-27-25-39-37(23-26(27)11-1)34-17-7-9-19-38(34)47(39)44-42-41(35-18-8-10-20-40(35)48-42)45-43(46-44)28-21-22-33-31-15-4-3-13-29(31)30-14-5-6-16-32(30)36(33)24-28/h1-25H. The summed E-state index contributed by atoms with van der Waals surface area (Å²) in [4.78, 5) is 10.6. The van der Waals surface area contributed by atoms with Crippen LogP contribution in [0.4, 0.5) is 0 Å². The third-order valence-electron chi connectivity index (χ3n) is 9.96. The van der Waals surface area contributed by atoms with Crippen LogP contribution in [-0.4, -0.2) is 14.5 Å². The second-order valence-corrected chi connectivity index (χ2v) is 12.6. The third kappa shape index (κ3) is 3.49. The van der Waals surface area contributed by atoms with Crippen LogP contribution < -0.4 is 0 Å². The highest BCUT2D eigenvalue weighted by atomic mass is 16.3. The zero-order valence-corrected chi connectivity index (χ0v) is 25.7. The first-order valence-electron chi connectivity index (χ1n) is 16.3. The normalized spacial score (nSPS) is 12.2. The summed E-state index contributed by atoms with van der Waals surface area (Å²) in [5.74, 6) is 1.39. The molecule has 4 nitrogen and oxygen atoms in total. The Labute approximate surface area is 274 Å². The Balaban J connectivity index is 1.27. The number of rotatable bonds is 2. The number of nitrogens with zero attached hydrogens (tertiary/aromatic N) is 3. The number of furan rings is 1. The van der Waals surface area contributed by atoms with Crippen LogP contribution in [0.2, 0.25) is 0 Å². The number of benzene rings is 8. The highest BCUT2D eigenvalue weighted by Gasteiger charge is 2.22. The summed E-state index contributed by atoms with van der Waals surface area (Å²) in [6.07, 6.45) is 0. The van der Waals surface area contributed by atoms with Crippen LogP contribution in [0.15, 0.2) is 156 Å². The summed E-state index contributed by atoms with van der Waals surface area (Å²) < 4.78 is 8.87. The lowest BCUT2D eigenvalue weighted by molar-refractivity contribution is 0.662. The van der Waals surface area contributed by atoms with Crippen molar-refractivity contribution in [2.24, 2.45) is 0 Å². The van der Waals surface area contributed by atoms with Crippen molar-refractivity contribution >= 4 is 87.0 Å². The molecule has 0 atom stereocenters. The molecule has 0 aliphatic heterocycles. The molecule has 0 fully saturated rings. The van der Waals surface area contributed by atoms with E-state index in [0.717, 1.165) is 38.9 Å². The summed E-state index contributed by atoms with van der Waals surface area (Å²) in [5, 5.41) is 13.1. The molecule has 11 rings (SSSR count). The summed E-state index contributed by atoms with van der Waals surface area (Å²) >= 11 is 0. The number of hydrogen-bond donors (Lipinski definition) is 0. The summed E-state index contributed by atoms with van der Waals surface area (Å²) in [6, 6.07) is 53.8. The van der Waals surface area contributed by atoms with Crippen molar-refractivity contribution in [3.63, 3.8) is 0 Å². The van der Waals surface area contributed by atoms with E-state index in [0.29, 0.717) is 11.4 Å². The summed E-state index contributed by atoms with van der Waals surface area (Å²) in [7, 11) is 0. The average Bonchev–Trinajstić information content (AvgIpc) is 3.69. The molecule has 0 amide bonds. The number of aromatic nitrogens is 3. The maximum atomic E-state index is 6.61. The Morgan fingerprint density at radius 3 is 1.75 bits per heavy atom. The molecule has 0 saturated carbocycles. The van der Waals surface area contributed by atoms with Gasteiger partial charge >= 0.3 is 0 Å². The van der Waals surface area contributed by atoms with Crippen molar-refractivity contribution < 1.29 is 4.42 Å². The van der Waals surface area contributed by atoms with Crippen LogP contribution in [0.3, 0.4) is 0 Å². The lowest BCUT2D eigenvalue weighted by Crippen LogP contribution is -2.02. The molecule has 0 aliphatic carbocycles. The highest BCUT2D eigenvalue weighted by molar-refractivity contribution is 6.25. The van der Waals surface area contributed by atoms with Gasteiger partial charge in [0, 0.05) is 21.7 Å². The molecular weight excluding hydrogens is 587 g/mol. The van der Waals surface area contributed by atoms with E-state index in [1.54, 1.807) is 0 Å². The molecule has 0 aliphatic rings. The van der Waals surface area contributed by atoms with Gasteiger partial charge in [-0.1, -0.05) is 115 Å². The van der Waals surface area contributed by atoms with Crippen molar-refractivity contribution in [3.8, 4) is 17.2 Å². The molecule has 0 saturated heterocycles. The van der Waals surface area contributed by atoms with Crippen LogP contribution in [0, 0.1) is 0 Å². The first-order valence-corrected chi connectivity index (χ1v) is 16.3. The SMILES string of the molecule is c1ccc2cc3c(cc2c1)c1ccccc1n3-c1nc(-c2ccc3c4ccccc4c4ccccc4c3c2)nc2c1oc1ccccc12. The highest BCUT2D eigenvalue weighted by Crippen LogP contribution is 2.40. The first-order chi connectivity index (χ1) is 23.8. The van der Waals surface area contributed by atoms with Crippen molar-refractivity contribution in [1.29, 1.82) is 0 Å². The quantitative estimate of drug-likeness (QED) is 0.183. The van der Waals surface area contributed by atoms with E-state index in [4.69, 9.17) is 14.4 Å². The van der Waals surface area contributed by atoms with E-state index in [1.807, 2.05) is 18.2 Å². The molecule has 11 aromatic rings. The molecule has 0 unspecified atom stereocenters. The Bertz CT molecular complexity index is 3090. The van der Waals surface area contributed by atoms with Gasteiger partial charge < -0.3 is 4.42 Å². The van der Waals surface area contributed by atoms with Gasteiger partial charge in [-0.2, -0.15) is 0 Å². The fourth-order valence-electron chi connectivity index (χ4n) is 7.79. The first kappa shape index (κ1) is 25.6. The van der Waals surface area contributed by atoms with Crippen molar-refractivity contribution in [2.75, 3.05) is 0 Å². The van der Waals surface area contributed by atoms with Gasteiger partial charge in [-0.25, -0.2) is 9.97 Å². The van der Waals surface area contributed by atoms with E-state index in [1.165, 1.54) is 53.9 Å². The van der Waals surface area contributed by atoms with Gasteiger partial charge in [-0.3, -0.25) is 4.57 Å². The number of hydrogen-bond acceptors (Lipinski definition) is 3. The van der Waals surface area contributed by atoms with Crippen LogP contribution >= 0.6 is 0 Å². The van der Waals surface area contributed by atoms with E-state index in [9.17, 15) is 0 Å². The fourth-order valence-corrected chi connectivity index (χ4v) is 7.79. The van der Waals surface area contributed by atoms with Gasteiger partial charge in [0.25, 0.3) is 0 Å². The molecule has 222 valence electrons. The minimum absolute atomic E-state index is 0.662. The second kappa shape index (κ2) is 9.50.